The van der Waals surface area contributed by atoms with E-state index in [0.717, 1.165) is 37.1 Å². The maximum absolute atomic E-state index is 13.4. The highest BCUT2D eigenvalue weighted by Gasteiger charge is 2.55. The summed E-state index contributed by atoms with van der Waals surface area (Å²) in [6.45, 7) is 3.02. The Labute approximate surface area is 181 Å². The summed E-state index contributed by atoms with van der Waals surface area (Å²) in [4.78, 5) is 0. The van der Waals surface area contributed by atoms with Crippen molar-refractivity contribution in [3.8, 4) is 5.69 Å². The minimum absolute atomic E-state index is 0.0918. The van der Waals surface area contributed by atoms with Gasteiger partial charge >= 0.3 is 0 Å². The normalized spacial score (nSPS) is 26.9. The third kappa shape index (κ3) is 2.78. The second-order valence-corrected chi connectivity index (χ2v) is 9.19. The molecule has 156 valence electrons. The van der Waals surface area contributed by atoms with Gasteiger partial charge in [0.05, 0.1) is 29.8 Å². The number of fused-ring (bicyclic) bond motifs is 3. The van der Waals surface area contributed by atoms with Gasteiger partial charge < -0.3 is 4.74 Å². The number of benzene rings is 2. The van der Waals surface area contributed by atoms with Gasteiger partial charge in [-0.3, -0.25) is 0 Å². The average Bonchev–Trinajstić information content (AvgIpc) is 3.40. The van der Waals surface area contributed by atoms with E-state index in [0.29, 0.717) is 6.61 Å². The third-order valence-electron chi connectivity index (χ3n) is 7.49. The van der Waals surface area contributed by atoms with Crippen LogP contribution in [0.1, 0.15) is 43.0 Å². The van der Waals surface area contributed by atoms with Crippen LogP contribution < -0.4 is 0 Å². The highest BCUT2D eigenvalue weighted by molar-refractivity contribution is 5.71. The Morgan fingerprint density at radius 1 is 1.06 bits per heavy atom. The first-order valence-corrected chi connectivity index (χ1v) is 11.0. The molecule has 3 aromatic rings. The lowest BCUT2D eigenvalue weighted by Crippen LogP contribution is -2.51. The zero-order chi connectivity index (χ0) is 21.1. The molecule has 1 aliphatic heterocycles. The van der Waals surface area contributed by atoms with Crippen molar-refractivity contribution in [3.05, 3.63) is 95.1 Å². The Morgan fingerprint density at radius 3 is 2.68 bits per heavy atom. The van der Waals surface area contributed by atoms with Crippen LogP contribution in [0, 0.1) is 11.2 Å². The first-order chi connectivity index (χ1) is 15.1. The molecule has 0 saturated heterocycles. The summed E-state index contributed by atoms with van der Waals surface area (Å²) in [7, 11) is 0. The highest BCUT2D eigenvalue weighted by Crippen LogP contribution is 2.57. The Balaban J connectivity index is 1.42. The van der Waals surface area contributed by atoms with Crippen LogP contribution in [-0.2, 0) is 11.2 Å². The lowest BCUT2D eigenvalue weighted by atomic mass is 9.57. The van der Waals surface area contributed by atoms with Crippen molar-refractivity contribution < 1.29 is 9.13 Å². The predicted octanol–water partition coefficient (Wildman–Crippen LogP) is 5.99. The molecule has 2 atom stereocenters. The molecule has 31 heavy (non-hydrogen) atoms. The maximum atomic E-state index is 13.4. The van der Waals surface area contributed by atoms with E-state index >= 15 is 0 Å². The van der Waals surface area contributed by atoms with Gasteiger partial charge in [0.1, 0.15) is 5.82 Å². The van der Waals surface area contributed by atoms with Crippen LogP contribution in [0.3, 0.4) is 0 Å². The van der Waals surface area contributed by atoms with Crippen molar-refractivity contribution in [2.24, 2.45) is 5.41 Å². The monoisotopic (exact) mass is 412 g/mol. The zero-order valence-electron chi connectivity index (χ0n) is 17.6. The number of hydrogen-bond acceptors (Lipinski definition) is 2. The Hall–Kier alpha value is -2.98. The van der Waals surface area contributed by atoms with Gasteiger partial charge in [-0.05, 0) is 78.8 Å². The Bertz CT molecular complexity index is 1210. The summed E-state index contributed by atoms with van der Waals surface area (Å²) in [5, 5.41) is 4.66. The molecule has 2 heterocycles. The van der Waals surface area contributed by atoms with E-state index in [4.69, 9.17) is 4.74 Å². The molecule has 3 nitrogen and oxygen atoms in total. The van der Waals surface area contributed by atoms with Crippen molar-refractivity contribution >= 4 is 11.6 Å². The molecule has 2 aliphatic carbocycles. The topological polar surface area (TPSA) is 27.1 Å². The summed E-state index contributed by atoms with van der Waals surface area (Å²) in [6, 6.07) is 17.1. The van der Waals surface area contributed by atoms with Gasteiger partial charge in [0.25, 0.3) is 0 Å². The number of hydrogen-bond donors (Lipinski definition) is 0. The Kier molecular flexibility index (Phi) is 4.09. The average molecular weight is 413 g/mol. The first kappa shape index (κ1) is 18.8. The van der Waals surface area contributed by atoms with Crippen LogP contribution in [0.25, 0.3) is 17.3 Å². The first-order valence-electron chi connectivity index (χ1n) is 11.0. The van der Waals surface area contributed by atoms with Gasteiger partial charge in [0, 0.05) is 5.41 Å². The number of rotatable bonds is 2. The molecule has 0 amide bonds. The predicted molar refractivity (Wildman–Crippen MR) is 120 cm³/mol. The lowest BCUT2D eigenvalue weighted by molar-refractivity contribution is -0.0724. The van der Waals surface area contributed by atoms with Crippen molar-refractivity contribution in [2.45, 2.75) is 38.2 Å². The van der Waals surface area contributed by atoms with Gasteiger partial charge in [-0.15, -0.1) is 0 Å². The summed E-state index contributed by atoms with van der Waals surface area (Å²) in [6.07, 6.45) is 10.8. The van der Waals surface area contributed by atoms with Gasteiger partial charge in [-0.1, -0.05) is 42.8 Å². The third-order valence-corrected chi connectivity index (χ3v) is 7.49. The van der Waals surface area contributed by atoms with Crippen LogP contribution in [0.5, 0.6) is 0 Å². The summed E-state index contributed by atoms with van der Waals surface area (Å²) in [5.41, 5.74) is 6.82. The molecule has 3 aliphatic rings. The second-order valence-electron chi connectivity index (χ2n) is 9.19. The molecule has 0 unspecified atom stereocenters. The lowest BCUT2D eigenvalue weighted by Gasteiger charge is -2.51. The van der Waals surface area contributed by atoms with E-state index in [-0.39, 0.29) is 16.8 Å². The van der Waals surface area contributed by atoms with E-state index < -0.39 is 0 Å². The van der Waals surface area contributed by atoms with Crippen molar-refractivity contribution in [2.75, 3.05) is 6.61 Å². The fourth-order valence-electron chi connectivity index (χ4n) is 5.73. The van der Waals surface area contributed by atoms with E-state index in [1.54, 1.807) is 12.1 Å². The zero-order valence-corrected chi connectivity index (χ0v) is 17.6. The molecule has 1 spiro atoms. The SMILES string of the molecule is C[C@]12Cc3cnn(-c4ccc(F)cc4)c3C=C1CCC[C@@]21C=C(c2ccccc2)CO1. The molecule has 0 bridgehead atoms. The standard InChI is InChI=1S/C27H25FN2O/c1-26-15-20-17-29-30(24-11-9-23(28)10-12-24)25(20)14-22(26)8-5-13-27(26)16-21(18-31-27)19-6-3-2-4-7-19/h2-4,6-7,9-12,14,16-17H,5,8,13,15,18H2,1H3/t26-,27+/m0/s1. The second kappa shape index (κ2) is 6.76. The molecule has 0 N–H and O–H groups in total. The van der Waals surface area contributed by atoms with Crippen LogP contribution in [0.15, 0.2) is 72.4 Å². The number of ether oxygens (including phenoxy) is 1. The fourth-order valence-corrected chi connectivity index (χ4v) is 5.73. The largest absolute Gasteiger partial charge is 0.365 e. The molecular weight excluding hydrogens is 387 g/mol. The Morgan fingerprint density at radius 2 is 1.87 bits per heavy atom. The van der Waals surface area contributed by atoms with Crippen LogP contribution in [0.2, 0.25) is 0 Å². The minimum Gasteiger partial charge on any atom is -0.365 e. The summed E-state index contributed by atoms with van der Waals surface area (Å²) < 4.78 is 22.0. The molecule has 1 saturated carbocycles. The highest BCUT2D eigenvalue weighted by atomic mass is 19.1. The molecule has 1 fully saturated rings. The molecule has 0 radical (unpaired) electrons. The van der Waals surface area contributed by atoms with E-state index in [1.807, 2.05) is 10.9 Å². The van der Waals surface area contributed by atoms with E-state index in [1.165, 1.54) is 34.4 Å². The van der Waals surface area contributed by atoms with Crippen LogP contribution in [0.4, 0.5) is 4.39 Å². The van der Waals surface area contributed by atoms with E-state index in [2.05, 4.69) is 54.5 Å². The van der Waals surface area contributed by atoms with Crippen molar-refractivity contribution in [1.82, 2.24) is 9.78 Å². The fraction of sp³-hybridized carbons (Fsp3) is 0.296. The van der Waals surface area contributed by atoms with Gasteiger partial charge in [0.2, 0.25) is 0 Å². The summed E-state index contributed by atoms with van der Waals surface area (Å²) in [5.74, 6) is -0.232. The number of halogens is 1. The molecule has 2 aromatic carbocycles. The summed E-state index contributed by atoms with van der Waals surface area (Å²) >= 11 is 0. The van der Waals surface area contributed by atoms with Crippen molar-refractivity contribution in [1.29, 1.82) is 0 Å². The van der Waals surface area contributed by atoms with Gasteiger partial charge in [0.15, 0.2) is 0 Å². The van der Waals surface area contributed by atoms with Gasteiger partial charge in [-0.2, -0.15) is 5.10 Å². The molecule has 1 aromatic heterocycles. The maximum Gasteiger partial charge on any atom is 0.123 e. The molecule has 4 heteroatoms. The quantitative estimate of drug-likeness (QED) is 0.517. The smallest absolute Gasteiger partial charge is 0.123 e. The molecule has 6 rings (SSSR count). The minimum atomic E-state index is -0.280. The molecular formula is C27H25FN2O. The van der Waals surface area contributed by atoms with Gasteiger partial charge in [-0.25, -0.2) is 9.07 Å². The van der Waals surface area contributed by atoms with Crippen LogP contribution in [-0.4, -0.2) is 22.0 Å². The number of nitrogens with zero attached hydrogens (tertiary/aromatic N) is 2. The van der Waals surface area contributed by atoms with Crippen LogP contribution >= 0.6 is 0 Å². The number of aromatic nitrogens is 2. The van der Waals surface area contributed by atoms with Crippen molar-refractivity contribution in [3.63, 3.8) is 0 Å². The van der Waals surface area contributed by atoms with E-state index in [9.17, 15) is 4.39 Å².